The van der Waals surface area contributed by atoms with Crippen LogP contribution in [-0.4, -0.2) is 43.5 Å². The van der Waals surface area contributed by atoms with Crippen LogP contribution < -0.4 is 10.6 Å². The Kier molecular flexibility index (Phi) is 6.96. The van der Waals surface area contributed by atoms with Crippen molar-refractivity contribution in [2.45, 2.75) is 33.4 Å². The third-order valence-corrected chi connectivity index (χ3v) is 5.26. The molecule has 25 heavy (non-hydrogen) atoms. The van der Waals surface area contributed by atoms with Crippen LogP contribution in [0.5, 0.6) is 0 Å². The van der Waals surface area contributed by atoms with E-state index < -0.39 is 0 Å². The van der Waals surface area contributed by atoms with E-state index >= 15 is 0 Å². The summed E-state index contributed by atoms with van der Waals surface area (Å²) in [6.07, 6.45) is 0. The van der Waals surface area contributed by atoms with E-state index in [2.05, 4.69) is 77.7 Å². The fraction of sp³-hybridized carbons (Fsp3) is 0.474. The van der Waals surface area contributed by atoms with E-state index in [1.165, 1.54) is 16.0 Å². The molecule has 1 heterocycles. The maximum absolute atomic E-state index is 4.47. The highest BCUT2D eigenvalue weighted by Crippen LogP contribution is 2.18. The van der Waals surface area contributed by atoms with Gasteiger partial charge in [-0.05, 0) is 40.4 Å². The summed E-state index contributed by atoms with van der Waals surface area (Å²) in [7, 11) is 6.01. The Morgan fingerprint density at radius 1 is 1.16 bits per heavy atom. The summed E-state index contributed by atoms with van der Waals surface area (Å²) < 4.78 is 0. The van der Waals surface area contributed by atoms with Gasteiger partial charge in [0.1, 0.15) is 0 Å². The molecule has 1 unspecified atom stereocenters. The van der Waals surface area contributed by atoms with E-state index in [9.17, 15) is 0 Å². The van der Waals surface area contributed by atoms with Crippen molar-refractivity contribution < 1.29 is 0 Å². The molecule has 0 radical (unpaired) electrons. The number of rotatable bonds is 6. The summed E-state index contributed by atoms with van der Waals surface area (Å²) in [5.41, 5.74) is 3.67. The van der Waals surface area contributed by atoms with Crippen LogP contribution in [0.25, 0.3) is 0 Å². The fourth-order valence-electron chi connectivity index (χ4n) is 2.70. The zero-order chi connectivity index (χ0) is 18.4. The van der Waals surface area contributed by atoms with E-state index in [-0.39, 0.29) is 6.04 Å². The smallest absolute Gasteiger partial charge is 0.191 e. The average molecular weight is 360 g/mol. The predicted molar refractivity (Wildman–Crippen MR) is 107 cm³/mol. The third-order valence-electron chi connectivity index (χ3n) is 4.19. The van der Waals surface area contributed by atoms with Crippen molar-refractivity contribution in [3.63, 3.8) is 0 Å². The van der Waals surface area contributed by atoms with Crippen LogP contribution in [0.3, 0.4) is 0 Å². The fourth-order valence-corrected chi connectivity index (χ4v) is 3.58. The van der Waals surface area contributed by atoms with Gasteiger partial charge in [-0.3, -0.25) is 4.99 Å². The first kappa shape index (κ1) is 19.4. The number of nitrogens with zero attached hydrogens (tertiary/aromatic N) is 3. The van der Waals surface area contributed by atoms with Crippen LogP contribution >= 0.6 is 11.3 Å². The Morgan fingerprint density at radius 3 is 2.36 bits per heavy atom. The molecule has 0 spiro atoms. The molecule has 2 rings (SSSR count). The first-order valence-electron chi connectivity index (χ1n) is 8.51. The SMILES string of the molecule is CN=C(NCc1sc(C)nc1C)NCC(c1ccc(C)cc1)N(C)C. The van der Waals surface area contributed by atoms with Gasteiger partial charge in [-0.2, -0.15) is 0 Å². The Balaban J connectivity index is 1.95. The van der Waals surface area contributed by atoms with Gasteiger partial charge in [0.25, 0.3) is 0 Å². The number of benzene rings is 1. The van der Waals surface area contributed by atoms with E-state index in [1.54, 1.807) is 18.4 Å². The largest absolute Gasteiger partial charge is 0.354 e. The molecule has 5 nitrogen and oxygen atoms in total. The zero-order valence-corrected chi connectivity index (χ0v) is 16.9. The molecule has 0 bridgehead atoms. The summed E-state index contributed by atoms with van der Waals surface area (Å²) in [6, 6.07) is 9.00. The molecule has 0 fully saturated rings. The highest BCUT2D eigenvalue weighted by molar-refractivity contribution is 7.11. The van der Waals surface area contributed by atoms with Crippen molar-refractivity contribution in [1.82, 2.24) is 20.5 Å². The maximum Gasteiger partial charge on any atom is 0.191 e. The Hall–Kier alpha value is -1.92. The molecule has 2 N–H and O–H groups in total. The summed E-state index contributed by atoms with van der Waals surface area (Å²) in [4.78, 5) is 12.3. The van der Waals surface area contributed by atoms with Gasteiger partial charge in [-0.25, -0.2) is 4.98 Å². The van der Waals surface area contributed by atoms with E-state index in [0.717, 1.165) is 29.8 Å². The molecule has 2 aromatic rings. The van der Waals surface area contributed by atoms with Crippen LogP contribution in [0.1, 0.15) is 32.7 Å². The average Bonchev–Trinajstić information content (AvgIpc) is 2.89. The van der Waals surface area contributed by atoms with Gasteiger partial charge < -0.3 is 15.5 Å². The molecule has 0 aliphatic rings. The first-order valence-corrected chi connectivity index (χ1v) is 9.32. The van der Waals surface area contributed by atoms with Crippen molar-refractivity contribution in [1.29, 1.82) is 0 Å². The lowest BCUT2D eigenvalue weighted by molar-refractivity contribution is 0.298. The number of aromatic nitrogens is 1. The Morgan fingerprint density at radius 2 is 1.84 bits per heavy atom. The Labute approximate surface area is 155 Å². The number of aryl methyl sites for hydroxylation is 3. The first-order chi connectivity index (χ1) is 11.9. The highest BCUT2D eigenvalue weighted by Gasteiger charge is 2.14. The molecule has 0 amide bonds. The number of hydrogen-bond donors (Lipinski definition) is 2. The number of hydrogen-bond acceptors (Lipinski definition) is 4. The summed E-state index contributed by atoms with van der Waals surface area (Å²) >= 11 is 1.73. The van der Waals surface area contributed by atoms with Gasteiger partial charge in [0.05, 0.1) is 23.3 Å². The van der Waals surface area contributed by atoms with Crippen LogP contribution in [0.4, 0.5) is 0 Å². The molecular formula is C19H29N5S. The molecular weight excluding hydrogens is 330 g/mol. The minimum Gasteiger partial charge on any atom is -0.354 e. The van der Waals surface area contributed by atoms with E-state index in [4.69, 9.17) is 0 Å². The van der Waals surface area contributed by atoms with Gasteiger partial charge in [-0.15, -0.1) is 11.3 Å². The molecule has 1 aromatic carbocycles. The standard InChI is InChI=1S/C19H29N5S/c1-13-7-9-16(10-8-13)17(24(5)6)11-21-19(20-4)22-12-18-14(2)23-15(3)25-18/h7-10,17H,11-12H2,1-6H3,(H2,20,21,22). The van der Waals surface area contributed by atoms with Crippen molar-refractivity contribution in [2.24, 2.45) is 4.99 Å². The number of thiazole rings is 1. The van der Waals surface area contributed by atoms with Crippen LogP contribution in [0.2, 0.25) is 0 Å². The summed E-state index contributed by atoms with van der Waals surface area (Å²) in [5, 5.41) is 7.93. The predicted octanol–water partition coefficient (Wildman–Crippen LogP) is 3.04. The second-order valence-electron chi connectivity index (χ2n) is 6.44. The molecule has 136 valence electrons. The molecule has 6 heteroatoms. The van der Waals surface area contributed by atoms with Crippen molar-refractivity contribution >= 4 is 17.3 Å². The molecule has 0 saturated heterocycles. The van der Waals surface area contributed by atoms with Crippen molar-refractivity contribution in [2.75, 3.05) is 27.7 Å². The van der Waals surface area contributed by atoms with Gasteiger partial charge in [0.2, 0.25) is 0 Å². The molecule has 0 aliphatic heterocycles. The van der Waals surface area contributed by atoms with Crippen LogP contribution in [0, 0.1) is 20.8 Å². The van der Waals surface area contributed by atoms with Gasteiger partial charge in [-0.1, -0.05) is 29.8 Å². The van der Waals surface area contributed by atoms with E-state index in [1.807, 2.05) is 6.92 Å². The summed E-state index contributed by atoms with van der Waals surface area (Å²) in [5.74, 6) is 0.810. The number of nitrogens with one attached hydrogen (secondary N) is 2. The number of likely N-dealkylation sites (N-methyl/N-ethyl adjacent to an activating group) is 1. The minimum atomic E-state index is 0.284. The van der Waals surface area contributed by atoms with Crippen LogP contribution in [-0.2, 0) is 6.54 Å². The van der Waals surface area contributed by atoms with Gasteiger partial charge >= 0.3 is 0 Å². The molecule has 0 aliphatic carbocycles. The lowest BCUT2D eigenvalue weighted by Crippen LogP contribution is -2.41. The zero-order valence-electron chi connectivity index (χ0n) is 16.1. The van der Waals surface area contributed by atoms with Gasteiger partial charge in [0.15, 0.2) is 5.96 Å². The van der Waals surface area contributed by atoms with Gasteiger partial charge in [0, 0.05) is 18.5 Å². The second kappa shape index (κ2) is 8.97. The van der Waals surface area contributed by atoms with Crippen molar-refractivity contribution in [3.8, 4) is 0 Å². The molecule has 1 aromatic heterocycles. The summed E-state index contributed by atoms with van der Waals surface area (Å²) in [6.45, 7) is 7.74. The quantitative estimate of drug-likeness (QED) is 0.615. The second-order valence-corrected chi connectivity index (χ2v) is 7.73. The lowest BCUT2D eigenvalue weighted by Gasteiger charge is -2.26. The molecule has 0 saturated carbocycles. The normalized spacial score (nSPS) is 13.2. The van der Waals surface area contributed by atoms with Crippen molar-refractivity contribution in [3.05, 3.63) is 51.0 Å². The Bertz CT molecular complexity index is 703. The lowest BCUT2D eigenvalue weighted by atomic mass is 10.0. The van der Waals surface area contributed by atoms with Crippen LogP contribution in [0.15, 0.2) is 29.3 Å². The maximum atomic E-state index is 4.47. The monoisotopic (exact) mass is 359 g/mol. The number of aliphatic imine (C=N–C) groups is 1. The highest BCUT2D eigenvalue weighted by atomic mass is 32.1. The van der Waals surface area contributed by atoms with E-state index in [0.29, 0.717) is 0 Å². The topological polar surface area (TPSA) is 52.6 Å². The third kappa shape index (κ3) is 5.54. The molecule has 1 atom stereocenters. The minimum absolute atomic E-state index is 0.284. The number of guanidine groups is 1.